The number of nitrogens with zero attached hydrogens (tertiary/aromatic N) is 1. The van der Waals surface area contributed by atoms with Gasteiger partial charge in [-0.2, -0.15) is 0 Å². The van der Waals surface area contributed by atoms with Crippen molar-refractivity contribution in [3.63, 3.8) is 0 Å². The van der Waals surface area contributed by atoms with E-state index < -0.39 is 0 Å². The Kier molecular flexibility index (Phi) is 2.57. The molecule has 1 heterocycles. The van der Waals surface area contributed by atoms with Gasteiger partial charge in [0.05, 0.1) is 5.54 Å². The molecule has 2 fully saturated rings. The van der Waals surface area contributed by atoms with Gasteiger partial charge < -0.3 is 4.90 Å². The molecule has 0 aromatic carbocycles. The van der Waals surface area contributed by atoms with E-state index in [2.05, 4.69) is 13.8 Å². The maximum absolute atomic E-state index is 11.9. The molecular formula is C12H19NO2. The number of carbonyl (C=O) groups excluding carboxylic acids is 2. The maximum Gasteiger partial charge on any atom is 0.223 e. The highest BCUT2D eigenvalue weighted by molar-refractivity contribution is 5.87. The summed E-state index contributed by atoms with van der Waals surface area (Å²) in [7, 11) is 0. The fraction of sp³-hybridized carbons (Fsp3) is 0.833. The molecule has 0 aromatic rings. The lowest BCUT2D eigenvalue weighted by atomic mass is 9.93. The highest BCUT2D eigenvalue weighted by atomic mass is 16.2. The number of hydrogen-bond donors (Lipinski definition) is 0. The Balaban J connectivity index is 2.24. The molecule has 2 atom stereocenters. The zero-order valence-corrected chi connectivity index (χ0v) is 9.58. The lowest BCUT2D eigenvalue weighted by molar-refractivity contribution is -0.133. The number of Topliss-reactive ketones (excluding diaryl/α,β-unsaturated/α-hetero) is 1. The van der Waals surface area contributed by atoms with E-state index in [0.29, 0.717) is 25.0 Å². The van der Waals surface area contributed by atoms with E-state index in [0.717, 1.165) is 19.3 Å². The first-order valence-corrected chi connectivity index (χ1v) is 5.93. The molecule has 1 spiro atoms. The fourth-order valence-electron chi connectivity index (χ4n) is 3.08. The Labute approximate surface area is 90.8 Å². The van der Waals surface area contributed by atoms with Crippen LogP contribution in [-0.4, -0.2) is 28.2 Å². The summed E-state index contributed by atoms with van der Waals surface area (Å²) in [6.07, 6.45) is 4.66. The lowest BCUT2D eigenvalue weighted by Gasteiger charge is -2.38. The standard InChI is InChI=1S/C12H19NO2/c1-3-9(2)13-11(15)5-7-12(13)6-4-10(14)8-12/h9H,3-8H2,1-2H3. The second-order valence-electron chi connectivity index (χ2n) is 4.96. The minimum absolute atomic E-state index is 0.0937. The summed E-state index contributed by atoms with van der Waals surface area (Å²) >= 11 is 0. The Hall–Kier alpha value is -0.860. The molecule has 1 amide bonds. The van der Waals surface area contributed by atoms with Crippen LogP contribution in [0.5, 0.6) is 0 Å². The van der Waals surface area contributed by atoms with Crippen LogP contribution in [0, 0.1) is 0 Å². The summed E-state index contributed by atoms with van der Waals surface area (Å²) < 4.78 is 0. The molecule has 0 bridgehead atoms. The third-order valence-electron chi connectivity index (χ3n) is 4.01. The average Bonchev–Trinajstić information content (AvgIpc) is 2.72. The van der Waals surface area contributed by atoms with Crippen LogP contribution in [0.1, 0.15) is 52.4 Å². The third kappa shape index (κ3) is 1.58. The van der Waals surface area contributed by atoms with Gasteiger partial charge in [0.1, 0.15) is 5.78 Å². The molecule has 1 saturated heterocycles. The number of rotatable bonds is 2. The third-order valence-corrected chi connectivity index (χ3v) is 4.01. The number of carbonyl (C=O) groups is 2. The number of ketones is 1. The molecule has 3 nitrogen and oxygen atoms in total. The van der Waals surface area contributed by atoms with E-state index in [9.17, 15) is 9.59 Å². The van der Waals surface area contributed by atoms with E-state index >= 15 is 0 Å². The van der Waals surface area contributed by atoms with Gasteiger partial charge >= 0.3 is 0 Å². The first kappa shape index (κ1) is 10.7. The average molecular weight is 209 g/mol. The summed E-state index contributed by atoms with van der Waals surface area (Å²) in [5.74, 6) is 0.581. The predicted molar refractivity (Wildman–Crippen MR) is 57.4 cm³/mol. The zero-order valence-electron chi connectivity index (χ0n) is 9.58. The molecule has 3 heteroatoms. The van der Waals surface area contributed by atoms with Crippen molar-refractivity contribution in [1.29, 1.82) is 0 Å². The Morgan fingerprint density at radius 1 is 1.33 bits per heavy atom. The van der Waals surface area contributed by atoms with Gasteiger partial charge in [0.2, 0.25) is 5.91 Å². The van der Waals surface area contributed by atoms with Gasteiger partial charge in [-0.25, -0.2) is 0 Å². The maximum atomic E-state index is 11.9. The smallest absolute Gasteiger partial charge is 0.223 e. The highest BCUT2D eigenvalue weighted by Gasteiger charge is 2.50. The zero-order chi connectivity index (χ0) is 11.1. The Morgan fingerprint density at radius 2 is 2.00 bits per heavy atom. The second-order valence-corrected chi connectivity index (χ2v) is 4.96. The fourth-order valence-corrected chi connectivity index (χ4v) is 3.08. The van der Waals surface area contributed by atoms with Gasteiger partial charge in [-0.3, -0.25) is 9.59 Å². The molecule has 0 N–H and O–H groups in total. The predicted octanol–water partition coefficient (Wildman–Crippen LogP) is 1.90. The van der Waals surface area contributed by atoms with Crippen molar-refractivity contribution < 1.29 is 9.59 Å². The van der Waals surface area contributed by atoms with Crippen LogP contribution in [0.25, 0.3) is 0 Å². The van der Waals surface area contributed by atoms with Gasteiger partial charge in [0, 0.05) is 25.3 Å². The molecule has 15 heavy (non-hydrogen) atoms. The minimum atomic E-state index is -0.0937. The normalized spacial score (nSPS) is 33.1. The summed E-state index contributed by atoms with van der Waals surface area (Å²) in [6.45, 7) is 4.19. The number of likely N-dealkylation sites (tertiary alicyclic amines) is 1. The van der Waals surface area contributed by atoms with E-state index in [-0.39, 0.29) is 17.5 Å². The minimum Gasteiger partial charge on any atom is -0.334 e. The number of amides is 1. The first-order chi connectivity index (χ1) is 7.09. The van der Waals surface area contributed by atoms with Crippen molar-refractivity contribution in [1.82, 2.24) is 4.90 Å². The van der Waals surface area contributed by atoms with Crippen LogP contribution in [0.2, 0.25) is 0 Å². The summed E-state index contributed by atoms with van der Waals surface area (Å²) in [5, 5.41) is 0. The monoisotopic (exact) mass is 209 g/mol. The number of hydrogen-bond acceptors (Lipinski definition) is 2. The van der Waals surface area contributed by atoms with Crippen molar-refractivity contribution >= 4 is 11.7 Å². The van der Waals surface area contributed by atoms with Crippen LogP contribution in [0.15, 0.2) is 0 Å². The van der Waals surface area contributed by atoms with Gasteiger partial charge in [-0.1, -0.05) is 6.92 Å². The second kappa shape index (κ2) is 3.62. The lowest BCUT2D eigenvalue weighted by Crippen LogP contribution is -2.48. The Bertz CT molecular complexity index is 296. The SMILES string of the molecule is CCC(C)N1C(=O)CCC12CCC(=O)C2. The first-order valence-electron chi connectivity index (χ1n) is 5.93. The molecule has 2 aliphatic rings. The van der Waals surface area contributed by atoms with Crippen molar-refractivity contribution in [2.24, 2.45) is 0 Å². The molecule has 1 aliphatic carbocycles. The molecule has 1 saturated carbocycles. The highest BCUT2D eigenvalue weighted by Crippen LogP contribution is 2.43. The van der Waals surface area contributed by atoms with Crippen LogP contribution in [-0.2, 0) is 9.59 Å². The topological polar surface area (TPSA) is 37.4 Å². The van der Waals surface area contributed by atoms with Crippen LogP contribution < -0.4 is 0 Å². The molecule has 0 radical (unpaired) electrons. The molecule has 0 aromatic heterocycles. The van der Waals surface area contributed by atoms with Gasteiger partial charge in [0.25, 0.3) is 0 Å². The Morgan fingerprint density at radius 3 is 2.53 bits per heavy atom. The van der Waals surface area contributed by atoms with Crippen molar-refractivity contribution in [2.45, 2.75) is 64.0 Å². The summed E-state index contributed by atoms with van der Waals surface area (Å²) in [6, 6.07) is 0.283. The molecule has 2 unspecified atom stereocenters. The molecular weight excluding hydrogens is 190 g/mol. The van der Waals surface area contributed by atoms with E-state index in [1.165, 1.54) is 0 Å². The molecule has 84 valence electrons. The van der Waals surface area contributed by atoms with Gasteiger partial charge in [-0.15, -0.1) is 0 Å². The summed E-state index contributed by atoms with van der Waals surface area (Å²) in [4.78, 5) is 25.3. The van der Waals surface area contributed by atoms with Crippen molar-refractivity contribution in [3.8, 4) is 0 Å². The van der Waals surface area contributed by atoms with Crippen LogP contribution in [0.3, 0.4) is 0 Å². The molecule has 2 rings (SSSR count). The quantitative estimate of drug-likeness (QED) is 0.696. The molecule has 1 aliphatic heterocycles. The van der Waals surface area contributed by atoms with E-state index in [4.69, 9.17) is 0 Å². The summed E-state index contributed by atoms with van der Waals surface area (Å²) in [5.41, 5.74) is -0.0937. The van der Waals surface area contributed by atoms with E-state index in [1.54, 1.807) is 0 Å². The van der Waals surface area contributed by atoms with E-state index in [1.807, 2.05) is 4.90 Å². The van der Waals surface area contributed by atoms with Gasteiger partial charge in [-0.05, 0) is 26.2 Å². The van der Waals surface area contributed by atoms with Crippen molar-refractivity contribution in [2.75, 3.05) is 0 Å². The largest absolute Gasteiger partial charge is 0.334 e. The van der Waals surface area contributed by atoms with Crippen LogP contribution >= 0.6 is 0 Å². The van der Waals surface area contributed by atoms with Crippen LogP contribution in [0.4, 0.5) is 0 Å². The van der Waals surface area contributed by atoms with Gasteiger partial charge in [0.15, 0.2) is 0 Å². The van der Waals surface area contributed by atoms with Crippen molar-refractivity contribution in [3.05, 3.63) is 0 Å².